The largest absolute Gasteiger partial charge is 0.478 e. The van der Waals surface area contributed by atoms with Gasteiger partial charge in [0, 0.05) is 16.5 Å². The zero-order chi connectivity index (χ0) is 22.8. The van der Waals surface area contributed by atoms with Crippen molar-refractivity contribution in [1.82, 2.24) is 24.7 Å². The lowest BCUT2D eigenvalue weighted by atomic mass is 10.2. The van der Waals surface area contributed by atoms with Gasteiger partial charge in [0.05, 0.1) is 47.5 Å². The summed E-state index contributed by atoms with van der Waals surface area (Å²) in [6, 6.07) is 11.5. The fraction of sp³-hybridized carbons (Fsp3) is 0.174. The van der Waals surface area contributed by atoms with Gasteiger partial charge in [-0.2, -0.15) is 5.10 Å². The Morgan fingerprint density at radius 2 is 2.12 bits per heavy atom. The molecule has 1 atom stereocenters. The van der Waals surface area contributed by atoms with E-state index in [-0.39, 0.29) is 0 Å². The molecule has 0 aliphatic carbocycles. The number of nitrogens with zero attached hydrogens (tertiary/aromatic N) is 5. The van der Waals surface area contributed by atoms with Gasteiger partial charge >= 0.3 is 5.97 Å². The fourth-order valence-corrected chi connectivity index (χ4v) is 4.12. The number of hydrogen-bond acceptors (Lipinski definition) is 9. The van der Waals surface area contributed by atoms with Gasteiger partial charge in [-0.25, -0.2) is 19.7 Å². The number of aromatic nitrogens is 5. The summed E-state index contributed by atoms with van der Waals surface area (Å²) in [5.74, 6) is 0.603. The number of benzene rings is 2. The number of hydrogen-bond donors (Lipinski definition) is 1. The number of methoxy groups -OCH3 is 1. The molecular formula is C23H20N6O3S. The number of rotatable bonds is 7. The minimum absolute atomic E-state index is 0.460. The van der Waals surface area contributed by atoms with E-state index in [1.807, 2.05) is 52.1 Å². The Bertz CT molecular complexity index is 1430. The second kappa shape index (κ2) is 8.83. The van der Waals surface area contributed by atoms with Crippen molar-refractivity contribution in [3.8, 4) is 5.75 Å². The normalized spacial score (nSPS) is 12.1. The van der Waals surface area contributed by atoms with Gasteiger partial charge in [-0.05, 0) is 37.3 Å². The third-order valence-corrected chi connectivity index (χ3v) is 5.80. The molecule has 0 saturated carbocycles. The predicted molar refractivity (Wildman–Crippen MR) is 126 cm³/mol. The molecule has 2 aromatic carbocycles. The van der Waals surface area contributed by atoms with Crippen LogP contribution in [0.1, 0.15) is 12.6 Å². The van der Waals surface area contributed by atoms with E-state index in [4.69, 9.17) is 9.47 Å². The van der Waals surface area contributed by atoms with Crippen molar-refractivity contribution in [3.63, 3.8) is 0 Å². The third kappa shape index (κ3) is 4.20. The van der Waals surface area contributed by atoms with Crippen LogP contribution in [0.15, 0.2) is 59.8 Å². The summed E-state index contributed by atoms with van der Waals surface area (Å²) in [6.45, 7) is 2.26. The van der Waals surface area contributed by atoms with E-state index >= 15 is 0 Å². The molecule has 0 aliphatic rings. The van der Waals surface area contributed by atoms with Crippen molar-refractivity contribution in [3.05, 3.63) is 65.5 Å². The van der Waals surface area contributed by atoms with E-state index in [1.54, 1.807) is 24.3 Å². The monoisotopic (exact) mass is 460 g/mol. The SMILES string of the molecule is COC(=O)[C@H](C)Oc1cccc2ncnc(Nc3ccc4c(cnn4Cc4cscn4)c3)c12. The van der Waals surface area contributed by atoms with Crippen molar-refractivity contribution in [2.24, 2.45) is 0 Å². The van der Waals surface area contributed by atoms with Crippen LogP contribution in [0.5, 0.6) is 5.75 Å². The molecule has 9 nitrogen and oxygen atoms in total. The van der Waals surface area contributed by atoms with Crippen LogP contribution < -0.4 is 10.1 Å². The second-order valence-corrected chi connectivity index (χ2v) is 8.06. The molecule has 0 fully saturated rings. The van der Waals surface area contributed by atoms with Gasteiger partial charge in [-0.3, -0.25) is 4.68 Å². The van der Waals surface area contributed by atoms with E-state index in [9.17, 15) is 4.79 Å². The Labute approximate surface area is 193 Å². The summed E-state index contributed by atoms with van der Waals surface area (Å²) < 4.78 is 12.6. The number of carbonyl (C=O) groups is 1. The molecule has 0 unspecified atom stereocenters. The zero-order valence-electron chi connectivity index (χ0n) is 17.9. The summed E-state index contributed by atoms with van der Waals surface area (Å²) in [4.78, 5) is 24.9. The standard InChI is InChI=1S/C23H20N6O3S/c1-14(23(30)31-2)32-20-5-3-4-18-21(20)22(25-12-24-18)28-16-6-7-19-15(8-16)9-27-29(19)10-17-11-33-13-26-17/h3-9,11-14H,10H2,1-2H3,(H,24,25,28)/t14-/m0/s1. The Morgan fingerprint density at radius 1 is 1.21 bits per heavy atom. The lowest BCUT2D eigenvalue weighted by molar-refractivity contribution is -0.147. The molecule has 166 valence electrons. The van der Waals surface area contributed by atoms with Crippen LogP contribution in [-0.2, 0) is 16.1 Å². The zero-order valence-corrected chi connectivity index (χ0v) is 18.7. The van der Waals surface area contributed by atoms with Crippen LogP contribution in [0, 0.1) is 0 Å². The second-order valence-electron chi connectivity index (χ2n) is 7.34. The molecule has 3 heterocycles. The van der Waals surface area contributed by atoms with Crippen LogP contribution in [0.2, 0.25) is 0 Å². The molecule has 5 rings (SSSR count). The highest BCUT2D eigenvalue weighted by molar-refractivity contribution is 7.07. The number of fused-ring (bicyclic) bond motifs is 2. The molecule has 0 amide bonds. The number of anilines is 2. The van der Waals surface area contributed by atoms with Crippen molar-refractivity contribution < 1.29 is 14.3 Å². The first-order chi connectivity index (χ1) is 16.1. The van der Waals surface area contributed by atoms with Crippen LogP contribution in [0.4, 0.5) is 11.5 Å². The van der Waals surface area contributed by atoms with E-state index in [0.29, 0.717) is 29.0 Å². The number of esters is 1. The highest BCUT2D eigenvalue weighted by Gasteiger charge is 2.18. The van der Waals surface area contributed by atoms with E-state index in [0.717, 1.165) is 22.3 Å². The van der Waals surface area contributed by atoms with E-state index in [2.05, 4.69) is 25.4 Å². The summed E-state index contributed by atoms with van der Waals surface area (Å²) in [5.41, 5.74) is 5.34. The Hall–Kier alpha value is -4.05. The molecule has 33 heavy (non-hydrogen) atoms. The molecular weight excluding hydrogens is 440 g/mol. The first-order valence-corrected chi connectivity index (χ1v) is 11.1. The molecule has 10 heteroatoms. The van der Waals surface area contributed by atoms with E-state index in [1.165, 1.54) is 13.4 Å². The van der Waals surface area contributed by atoms with Gasteiger partial charge in [-0.15, -0.1) is 11.3 Å². The molecule has 0 spiro atoms. The van der Waals surface area contributed by atoms with Gasteiger partial charge < -0.3 is 14.8 Å². The van der Waals surface area contributed by atoms with Gasteiger partial charge in [0.15, 0.2) is 6.10 Å². The van der Waals surface area contributed by atoms with Crippen molar-refractivity contribution in [2.75, 3.05) is 12.4 Å². The first kappa shape index (κ1) is 20.8. The molecule has 0 aliphatic heterocycles. The third-order valence-electron chi connectivity index (χ3n) is 5.16. The summed E-state index contributed by atoms with van der Waals surface area (Å²) in [5, 5.41) is 11.5. The summed E-state index contributed by atoms with van der Waals surface area (Å²) >= 11 is 1.57. The van der Waals surface area contributed by atoms with Gasteiger partial charge in [0.2, 0.25) is 0 Å². The maximum atomic E-state index is 11.8. The average molecular weight is 461 g/mol. The molecule has 5 aromatic rings. The van der Waals surface area contributed by atoms with E-state index < -0.39 is 12.1 Å². The molecule has 1 N–H and O–H groups in total. The predicted octanol–water partition coefficient (Wildman–Crippen LogP) is 4.17. The number of ether oxygens (including phenoxy) is 2. The van der Waals surface area contributed by atoms with Crippen LogP contribution in [-0.4, -0.2) is 43.9 Å². The minimum atomic E-state index is -0.770. The van der Waals surface area contributed by atoms with Crippen LogP contribution in [0.25, 0.3) is 21.8 Å². The van der Waals surface area contributed by atoms with Gasteiger partial charge in [0.1, 0.15) is 17.9 Å². The molecule has 0 saturated heterocycles. The maximum Gasteiger partial charge on any atom is 0.346 e. The molecule has 0 bridgehead atoms. The summed E-state index contributed by atoms with van der Waals surface area (Å²) in [6.07, 6.45) is 2.55. The smallest absolute Gasteiger partial charge is 0.346 e. The Kier molecular flexibility index (Phi) is 5.57. The maximum absolute atomic E-state index is 11.8. The average Bonchev–Trinajstić information content (AvgIpc) is 3.49. The van der Waals surface area contributed by atoms with Gasteiger partial charge in [-0.1, -0.05) is 6.07 Å². The highest BCUT2D eigenvalue weighted by Crippen LogP contribution is 2.33. The Morgan fingerprint density at radius 3 is 2.94 bits per heavy atom. The molecule has 3 aromatic heterocycles. The number of nitrogens with one attached hydrogen (secondary N) is 1. The summed E-state index contributed by atoms with van der Waals surface area (Å²) in [7, 11) is 1.33. The topological polar surface area (TPSA) is 104 Å². The molecule has 0 radical (unpaired) electrons. The number of thiazole rings is 1. The van der Waals surface area contributed by atoms with Crippen molar-refractivity contribution in [1.29, 1.82) is 0 Å². The van der Waals surface area contributed by atoms with Gasteiger partial charge in [0.25, 0.3) is 0 Å². The highest BCUT2D eigenvalue weighted by atomic mass is 32.1. The quantitative estimate of drug-likeness (QED) is 0.361. The first-order valence-electron chi connectivity index (χ1n) is 10.2. The van der Waals surface area contributed by atoms with Crippen LogP contribution in [0.3, 0.4) is 0 Å². The van der Waals surface area contributed by atoms with Crippen LogP contribution >= 0.6 is 11.3 Å². The van der Waals surface area contributed by atoms with Crippen molar-refractivity contribution in [2.45, 2.75) is 19.6 Å². The lowest BCUT2D eigenvalue weighted by Gasteiger charge is -2.16. The lowest BCUT2D eigenvalue weighted by Crippen LogP contribution is -2.25. The minimum Gasteiger partial charge on any atom is -0.478 e. The fourth-order valence-electron chi connectivity index (χ4n) is 3.57. The number of carbonyl (C=O) groups excluding carboxylic acids is 1. The van der Waals surface area contributed by atoms with Crippen molar-refractivity contribution >= 4 is 50.6 Å². The Balaban J connectivity index is 1.46.